The van der Waals surface area contributed by atoms with Crippen molar-refractivity contribution >= 4 is 23.3 Å². The van der Waals surface area contributed by atoms with E-state index in [1.807, 2.05) is 13.8 Å². The highest BCUT2D eigenvalue weighted by atomic mass is 16.4. The molecule has 1 aliphatic carbocycles. The number of benzene rings is 1. The standard InChI is InChI=1S/C14H15NO4/c1-3-8-6-10(16)12-9(15-13(17)14(18)19)5-4-7(2)11(8)12/h4-5,8H,3,6H2,1-2H3,(H,15,17)(H,18,19). The summed E-state index contributed by atoms with van der Waals surface area (Å²) < 4.78 is 0. The van der Waals surface area contributed by atoms with Gasteiger partial charge in [0, 0.05) is 12.0 Å². The number of carbonyl (C=O) groups is 3. The third-order valence-electron chi connectivity index (χ3n) is 3.52. The SMILES string of the molecule is CCC1CC(=O)c2c(NC(=O)C(=O)O)ccc(C)c21. The van der Waals surface area contributed by atoms with Crippen molar-refractivity contribution in [1.82, 2.24) is 0 Å². The number of rotatable bonds is 2. The smallest absolute Gasteiger partial charge is 0.394 e. The fourth-order valence-corrected chi connectivity index (χ4v) is 2.61. The maximum atomic E-state index is 12.1. The van der Waals surface area contributed by atoms with Gasteiger partial charge in [0.1, 0.15) is 0 Å². The van der Waals surface area contributed by atoms with Crippen LogP contribution in [0.4, 0.5) is 5.69 Å². The van der Waals surface area contributed by atoms with Crippen LogP contribution in [-0.4, -0.2) is 22.8 Å². The summed E-state index contributed by atoms with van der Waals surface area (Å²) >= 11 is 0. The Hall–Kier alpha value is -2.17. The highest BCUT2D eigenvalue weighted by Gasteiger charge is 2.32. The molecule has 5 heteroatoms. The number of anilines is 1. The van der Waals surface area contributed by atoms with E-state index in [2.05, 4.69) is 5.32 Å². The highest BCUT2D eigenvalue weighted by molar-refractivity contribution is 6.37. The van der Waals surface area contributed by atoms with Crippen molar-refractivity contribution in [3.63, 3.8) is 0 Å². The average Bonchev–Trinajstić information content (AvgIpc) is 2.71. The zero-order valence-corrected chi connectivity index (χ0v) is 10.8. The number of fused-ring (bicyclic) bond motifs is 1. The number of carboxylic acids is 1. The van der Waals surface area contributed by atoms with Gasteiger partial charge in [-0.15, -0.1) is 0 Å². The van der Waals surface area contributed by atoms with Gasteiger partial charge in [-0.2, -0.15) is 0 Å². The van der Waals surface area contributed by atoms with Gasteiger partial charge in [-0.05, 0) is 36.5 Å². The Morgan fingerprint density at radius 3 is 2.68 bits per heavy atom. The van der Waals surface area contributed by atoms with E-state index in [0.29, 0.717) is 17.7 Å². The number of nitrogens with one attached hydrogen (secondary N) is 1. The summed E-state index contributed by atoms with van der Waals surface area (Å²) in [6, 6.07) is 3.39. The van der Waals surface area contributed by atoms with Crippen LogP contribution in [0, 0.1) is 6.92 Å². The number of hydrogen-bond donors (Lipinski definition) is 2. The highest BCUT2D eigenvalue weighted by Crippen LogP contribution is 2.41. The monoisotopic (exact) mass is 261 g/mol. The zero-order valence-electron chi connectivity index (χ0n) is 10.8. The van der Waals surface area contributed by atoms with Gasteiger partial charge in [0.15, 0.2) is 5.78 Å². The summed E-state index contributed by atoms with van der Waals surface area (Å²) in [7, 11) is 0. The molecule has 2 N–H and O–H groups in total. The van der Waals surface area contributed by atoms with Crippen LogP contribution in [0.5, 0.6) is 0 Å². The average molecular weight is 261 g/mol. The second-order valence-electron chi connectivity index (χ2n) is 4.71. The van der Waals surface area contributed by atoms with Crippen molar-refractivity contribution < 1.29 is 19.5 Å². The molecule has 0 heterocycles. The molecule has 1 atom stereocenters. The molecule has 0 fully saturated rings. The number of aliphatic carboxylic acids is 1. The Morgan fingerprint density at radius 2 is 2.11 bits per heavy atom. The van der Waals surface area contributed by atoms with Gasteiger partial charge in [0.25, 0.3) is 0 Å². The van der Waals surface area contributed by atoms with Crippen LogP contribution in [0.1, 0.15) is 47.2 Å². The molecule has 1 aromatic rings. The number of carbonyl (C=O) groups excluding carboxylic acids is 2. The molecule has 1 aromatic carbocycles. The molecule has 0 saturated heterocycles. The quantitative estimate of drug-likeness (QED) is 0.798. The third kappa shape index (κ3) is 2.23. The second-order valence-corrected chi connectivity index (χ2v) is 4.71. The molecular weight excluding hydrogens is 246 g/mol. The molecule has 0 saturated carbocycles. The summed E-state index contributed by atoms with van der Waals surface area (Å²) in [6.45, 7) is 3.93. The van der Waals surface area contributed by atoms with E-state index in [1.165, 1.54) is 0 Å². The summed E-state index contributed by atoms with van der Waals surface area (Å²) in [5.41, 5.74) is 2.71. The molecule has 19 heavy (non-hydrogen) atoms. The first-order valence-electron chi connectivity index (χ1n) is 6.16. The zero-order chi connectivity index (χ0) is 14.2. The minimum atomic E-state index is -1.56. The lowest BCUT2D eigenvalue weighted by atomic mass is 9.94. The van der Waals surface area contributed by atoms with Gasteiger partial charge in [-0.1, -0.05) is 13.0 Å². The minimum absolute atomic E-state index is 0.0359. The van der Waals surface area contributed by atoms with Crippen LogP contribution in [0.3, 0.4) is 0 Å². The molecule has 1 unspecified atom stereocenters. The van der Waals surface area contributed by atoms with E-state index in [4.69, 9.17) is 5.11 Å². The van der Waals surface area contributed by atoms with E-state index in [-0.39, 0.29) is 11.7 Å². The molecule has 2 rings (SSSR count). The lowest BCUT2D eigenvalue weighted by Gasteiger charge is -2.13. The Morgan fingerprint density at radius 1 is 1.42 bits per heavy atom. The predicted molar refractivity (Wildman–Crippen MR) is 69.4 cm³/mol. The first kappa shape index (κ1) is 13.3. The van der Waals surface area contributed by atoms with Gasteiger partial charge < -0.3 is 10.4 Å². The maximum Gasteiger partial charge on any atom is 0.394 e. The maximum absolute atomic E-state index is 12.1. The van der Waals surface area contributed by atoms with Gasteiger partial charge >= 0.3 is 11.9 Å². The van der Waals surface area contributed by atoms with Gasteiger partial charge in [0.05, 0.1) is 5.69 Å². The fraction of sp³-hybridized carbons (Fsp3) is 0.357. The van der Waals surface area contributed by atoms with Gasteiger partial charge in [0.2, 0.25) is 0 Å². The van der Waals surface area contributed by atoms with Crippen LogP contribution in [0.15, 0.2) is 12.1 Å². The van der Waals surface area contributed by atoms with Gasteiger partial charge in [-0.3, -0.25) is 9.59 Å². The van der Waals surface area contributed by atoms with E-state index in [9.17, 15) is 14.4 Å². The Labute approximate surface area is 110 Å². The topological polar surface area (TPSA) is 83.5 Å². The molecule has 100 valence electrons. The van der Waals surface area contributed by atoms with Crippen molar-refractivity contribution in [2.75, 3.05) is 5.32 Å². The van der Waals surface area contributed by atoms with Crippen molar-refractivity contribution in [1.29, 1.82) is 0 Å². The third-order valence-corrected chi connectivity index (χ3v) is 3.52. The van der Waals surface area contributed by atoms with Crippen molar-refractivity contribution in [2.24, 2.45) is 0 Å². The molecule has 0 spiro atoms. The molecular formula is C14H15NO4. The predicted octanol–water partition coefficient (Wildman–Crippen LogP) is 2.10. The number of hydrogen-bond acceptors (Lipinski definition) is 3. The number of Topliss-reactive ketones (excluding diaryl/α,β-unsaturated/α-hetero) is 1. The molecule has 1 aliphatic rings. The molecule has 0 aliphatic heterocycles. The second kappa shape index (κ2) is 4.84. The Balaban J connectivity index is 2.49. The van der Waals surface area contributed by atoms with Crippen molar-refractivity contribution in [3.05, 3.63) is 28.8 Å². The first-order chi connectivity index (χ1) is 8.95. The molecule has 0 bridgehead atoms. The summed E-state index contributed by atoms with van der Waals surface area (Å²) in [5, 5.41) is 10.9. The largest absolute Gasteiger partial charge is 0.474 e. The summed E-state index contributed by atoms with van der Waals surface area (Å²) in [5.74, 6) is -2.57. The number of aryl methyl sites for hydroxylation is 1. The van der Waals surface area contributed by atoms with Crippen LogP contribution in [0.2, 0.25) is 0 Å². The van der Waals surface area contributed by atoms with Crippen molar-refractivity contribution in [2.45, 2.75) is 32.6 Å². The first-order valence-corrected chi connectivity index (χ1v) is 6.16. The van der Waals surface area contributed by atoms with Crippen LogP contribution in [-0.2, 0) is 9.59 Å². The van der Waals surface area contributed by atoms with Crippen LogP contribution in [0.25, 0.3) is 0 Å². The van der Waals surface area contributed by atoms with E-state index in [0.717, 1.165) is 17.5 Å². The van der Waals surface area contributed by atoms with E-state index in [1.54, 1.807) is 12.1 Å². The molecule has 0 radical (unpaired) electrons. The van der Waals surface area contributed by atoms with E-state index < -0.39 is 11.9 Å². The number of ketones is 1. The molecule has 5 nitrogen and oxygen atoms in total. The number of amides is 1. The summed E-state index contributed by atoms with van der Waals surface area (Å²) in [6.07, 6.45) is 1.27. The Kier molecular flexibility index (Phi) is 3.38. The summed E-state index contributed by atoms with van der Waals surface area (Å²) in [4.78, 5) is 33.9. The molecule has 1 amide bonds. The Bertz CT molecular complexity index is 577. The molecule has 0 aromatic heterocycles. The van der Waals surface area contributed by atoms with Gasteiger partial charge in [-0.25, -0.2) is 4.79 Å². The van der Waals surface area contributed by atoms with Crippen LogP contribution < -0.4 is 5.32 Å². The lowest BCUT2D eigenvalue weighted by Crippen LogP contribution is -2.23. The lowest BCUT2D eigenvalue weighted by molar-refractivity contribution is -0.147. The number of carboxylic acid groups (broad SMARTS) is 1. The minimum Gasteiger partial charge on any atom is -0.474 e. The van der Waals surface area contributed by atoms with Crippen LogP contribution >= 0.6 is 0 Å². The van der Waals surface area contributed by atoms with Crippen molar-refractivity contribution in [3.8, 4) is 0 Å². The van der Waals surface area contributed by atoms with E-state index >= 15 is 0 Å². The normalized spacial score (nSPS) is 17.2. The fourth-order valence-electron chi connectivity index (χ4n) is 2.61.